The van der Waals surface area contributed by atoms with Crippen molar-refractivity contribution in [3.8, 4) is 11.1 Å². The Bertz CT molecular complexity index is 735. The van der Waals surface area contributed by atoms with Crippen LogP contribution in [0.3, 0.4) is 0 Å². The number of esters is 1. The van der Waals surface area contributed by atoms with E-state index in [2.05, 4.69) is 19.7 Å². The van der Waals surface area contributed by atoms with Crippen LogP contribution in [-0.2, 0) is 4.74 Å². The second kappa shape index (κ2) is 4.53. The molecule has 0 spiro atoms. The minimum atomic E-state index is -0.400. The number of fused-ring (bicyclic) bond motifs is 1. The summed E-state index contributed by atoms with van der Waals surface area (Å²) in [6, 6.07) is 7.53. The van der Waals surface area contributed by atoms with Crippen LogP contribution in [0.2, 0.25) is 0 Å². The van der Waals surface area contributed by atoms with Crippen molar-refractivity contribution in [1.82, 2.24) is 15.0 Å². The van der Waals surface area contributed by atoms with Gasteiger partial charge in [0.15, 0.2) is 0 Å². The van der Waals surface area contributed by atoms with E-state index in [0.717, 1.165) is 16.5 Å². The fourth-order valence-electron chi connectivity index (χ4n) is 1.94. The second-order valence-corrected chi connectivity index (χ2v) is 4.07. The van der Waals surface area contributed by atoms with Gasteiger partial charge in [0.1, 0.15) is 11.3 Å². The molecule has 0 aliphatic carbocycles. The number of hydrogen-bond donors (Lipinski definition) is 1. The van der Waals surface area contributed by atoms with Crippen LogP contribution in [0.25, 0.3) is 22.2 Å². The van der Waals surface area contributed by atoms with Gasteiger partial charge in [-0.1, -0.05) is 0 Å². The molecule has 1 N–H and O–H groups in total. The summed E-state index contributed by atoms with van der Waals surface area (Å²) >= 11 is 0. The lowest BCUT2D eigenvalue weighted by Crippen LogP contribution is -2.00. The zero-order chi connectivity index (χ0) is 13.2. The van der Waals surface area contributed by atoms with Gasteiger partial charge in [-0.2, -0.15) is 0 Å². The number of carbonyl (C=O) groups is 1. The molecule has 0 saturated carbocycles. The summed E-state index contributed by atoms with van der Waals surface area (Å²) in [7, 11) is 1.35. The summed E-state index contributed by atoms with van der Waals surface area (Å²) in [5, 5.41) is 0.870. The molecule has 0 aliphatic heterocycles. The molecule has 0 unspecified atom stereocenters. The first-order chi connectivity index (χ1) is 9.28. The number of nitrogens with one attached hydrogen (secondary N) is 1. The Hall–Kier alpha value is -2.69. The molecule has 5 heteroatoms. The maximum absolute atomic E-state index is 11.4. The van der Waals surface area contributed by atoms with E-state index in [1.54, 1.807) is 24.7 Å². The summed E-state index contributed by atoms with van der Waals surface area (Å²) in [6.07, 6.45) is 5.22. The van der Waals surface area contributed by atoms with Gasteiger partial charge in [-0.05, 0) is 29.8 Å². The largest absolute Gasteiger partial charge is 0.464 e. The highest BCUT2D eigenvalue weighted by molar-refractivity contribution is 5.94. The van der Waals surface area contributed by atoms with Crippen molar-refractivity contribution in [2.45, 2.75) is 0 Å². The van der Waals surface area contributed by atoms with E-state index < -0.39 is 5.97 Å². The zero-order valence-corrected chi connectivity index (χ0v) is 10.3. The van der Waals surface area contributed by atoms with E-state index in [9.17, 15) is 4.79 Å². The van der Waals surface area contributed by atoms with Crippen molar-refractivity contribution < 1.29 is 9.53 Å². The molecule has 0 atom stereocenters. The number of aromatic amines is 1. The van der Waals surface area contributed by atoms with Gasteiger partial charge in [-0.15, -0.1) is 0 Å². The van der Waals surface area contributed by atoms with Crippen LogP contribution in [0.15, 0.2) is 42.9 Å². The molecule has 3 rings (SSSR count). The quantitative estimate of drug-likeness (QED) is 0.712. The Morgan fingerprint density at radius 3 is 2.74 bits per heavy atom. The molecule has 3 aromatic rings. The van der Waals surface area contributed by atoms with Crippen LogP contribution in [0.1, 0.15) is 10.5 Å². The number of nitrogens with zero attached hydrogens (tertiary/aromatic N) is 2. The Labute approximate surface area is 109 Å². The Morgan fingerprint density at radius 1 is 1.21 bits per heavy atom. The fraction of sp³-hybridized carbons (Fsp3) is 0.0714. The summed E-state index contributed by atoms with van der Waals surface area (Å²) in [5.74, 6) is -0.400. The number of hydrogen-bond acceptors (Lipinski definition) is 4. The molecule has 0 radical (unpaired) electrons. The van der Waals surface area contributed by atoms with Crippen LogP contribution >= 0.6 is 0 Å². The molecule has 19 heavy (non-hydrogen) atoms. The molecule has 0 saturated heterocycles. The normalized spacial score (nSPS) is 10.6. The Balaban J connectivity index is 2.09. The predicted octanol–water partition coefficient (Wildman–Crippen LogP) is 2.41. The van der Waals surface area contributed by atoms with Gasteiger partial charge in [0.25, 0.3) is 0 Å². The molecular weight excluding hydrogens is 242 g/mol. The summed E-state index contributed by atoms with van der Waals surface area (Å²) in [4.78, 5) is 22.7. The molecular formula is C14H11N3O2. The van der Waals surface area contributed by atoms with Crippen LogP contribution in [0, 0.1) is 0 Å². The minimum absolute atomic E-state index is 0.400. The summed E-state index contributed by atoms with van der Waals surface area (Å²) in [5.41, 5.74) is 3.07. The second-order valence-electron chi connectivity index (χ2n) is 4.07. The number of aromatic nitrogens is 3. The summed E-state index contributed by atoms with van der Waals surface area (Å²) in [6.45, 7) is 0. The maximum Gasteiger partial charge on any atom is 0.354 e. The molecule has 0 aliphatic rings. The number of pyridine rings is 2. The molecule has 94 valence electrons. The molecule has 0 aromatic carbocycles. The lowest BCUT2D eigenvalue weighted by atomic mass is 10.1. The lowest BCUT2D eigenvalue weighted by molar-refractivity contribution is 0.0595. The van der Waals surface area contributed by atoms with Gasteiger partial charge < -0.3 is 9.72 Å². The van der Waals surface area contributed by atoms with Crippen LogP contribution in [0.5, 0.6) is 0 Å². The third-order valence-corrected chi connectivity index (χ3v) is 2.89. The minimum Gasteiger partial charge on any atom is -0.464 e. The number of rotatable bonds is 2. The molecule has 3 heterocycles. The topological polar surface area (TPSA) is 67.9 Å². The van der Waals surface area contributed by atoms with E-state index >= 15 is 0 Å². The van der Waals surface area contributed by atoms with Crippen molar-refractivity contribution in [3.05, 3.63) is 48.5 Å². The average molecular weight is 253 g/mol. The third-order valence-electron chi connectivity index (χ3n) is 2.89. The first-order valence-corrected chi connectivity index (χ1v) is 5.75. The van der Waals surface area contributed by atoms with Gasteiger partial charge in [0.05, 0.1) is 7.11 Å². The van der Waals surface area contributed by atoms with Crippen molar-refractivity contribution in [2.24, 2.45) is 0 Å². The van der Waals surface area contributed by atoms with Crippen molar-refractivity contribution in [2.75, 3.05) is 7.11 Å². The van der Waals surface area contributed by atoms with Crippen molar-refractivity contribution in [1.29, 1.82) is 0 Å². The highest BCUT2D eigenvalue weighted by Gasteiger charge is 2.10. The molecule has 0 bridgehead atoms. The van der Waals surface area contributed by atoms with Crippen LogP contribution in [0.4, 0.5) is 0 Å². The van der Waals surface area contributed by atoms with E-state index in [4.69, 9.17) is 0 Å². The van der Waals surface area contributed by atoms with Gasteiger partial charge in [-0.3, -0.25) is 4.98 Å². The zero-order valence-electron chi connectivity index (χ0n) is 10.3. The number of H-pyrrole nitrogens is 1. The molecule has 0 amide bonds. The standard InChI is InChI=1S/C14H11N3O2/c1-19-14(18)12-7-10-6-11(8-16-13(10)17-12)9-2-4-15-5-3-9/h2-8H,1H3,(H,16,17). The van der Waals surface area contributed by atoms with Gasteiger partial charge >= 0.3 is 5.97 Å². The number of methoxy groups -OCH3 is 1. The lowest BCUT2D eigenvalue weighted by Gasteiger charge is -1.99. The van der Waals surface area contributed by atoms with Crippen molar-refractivity contribution in [3.63, 3.8) is 0 Å². The Kier molecular flexibility index (Phi) is 2.72. The smallest absolute Gasteiger partial charge is 0.354 e. The highest BCUT2D eigenvalue weighted by atomic mass is 16.5. The predicted molar refractivity (Wildman–Crippen MR) is 70.7 cm³/mol. The van der Waals surface area contributed by atoms with Gasteiger partial charge in [0, 0.05) is 29.5 Å². The third kappa shape index (κ3) is 2.06. The summed E-state index contributed by atoms with van der Waals surface area (Å²) < 4.78 is 4.67. The first kappa shape index (κ1) is 11.4. The number of carbonyl (C=O) groups excluding carboxylic acids is 1. The SMILES string of the molecule is COC(=O)c1cc2cc(-c3ccncc3)cnc2[nH]1. The Morgan fingerprint density at radius 2 is 2.00 bits per heavy atom. The van der Waals surface area contributed by atoms with E-state index in [0.29, 0.717) is 11.3 Å². The maximum atomic E-state index is 11.4. The first-order valence-electron chi connectivity index (χ1n) is 5.75. The van der Waals surface area contributed by atoms with Crippen LogP contribution in [-0.4, -0.2) is 28.0 Å². The number of ether oxygens (including phenoxy) is 1. The van der Waals surface area contributed by atoms with E-state index in [1.807, 2.05) is 18.2 Å². The van der Waals surface area contributed by atoms with E-state index in [-0.39, 0.29) is 0 Å². The highest BCUT2D eigenvalue weighted by Crippen LogP contribution is 2.22. The van der Waals surface area contributed by atoms with Crippen LogP contribution < -0.4 is 0 Å². The molecule has 5 nitrogen and oxygen atoms in total. The monoisotopic (exact) mass is 253 g/mol. The molecule has 3 aromatic heterocycles. The van der Waals surface area contributed by atoms with Gasteiger partial charge in [-0.25, -0.2) is 9.78 Å². The average Bonchev–Trinajstić information content (AvgIpc) is 2.90. The van der Waals surface area contributed by atoms with Crippen molar-refractivity contribution >= 4 is 17.0 Å². The fourth-order valence-corrected chi connectivity index (χ4v) is 1.94. The van der Waals surface area contributed by atoms with Gasteiger partial charge in [0.2, 0.25) is 0 Å². The van der Waals surface area contributed by atoms with E-state index in [1.165, 1.54) is 7.11 Å². The molecule has 0 fully saturated rings.